The predicted molar refractivity (Wildman–Crippen MR) is 69.9 cm³/mol. The molecule has 90 valence electrons. The first-order chi connectivity index (χ1) is 8.38. The number of benzene rings is 1. The first-order valence-electron chi connectivity index (χ1n) is 5.70. The van der Waals surface area contributed by atoms with Gasteiger partial charge >= 0.3 is 0 Å². The summed E-state index contributed by atoms with van der Waals surface area (Å²) in [6, 6.07) is 10.3. The van der Waals surface area contributed by atoms with Gasteiger partial charge in [0.2, 0.25) is 0 Å². The third-order valence-electron chi connectivity index (χ3n) is 2.58. The van der Waals surface area contributed by atoms with Gasteiger partial charge < -0.3 is 5.32 Å². The van der Waals surface area contributed by atoms with E-state index < -0.39 is 0 Å². The van der Waals surface area contributed by atoms with E-state index in [4.69, 9.17) is 11.6 Å². The molecule has 2 aromatic rings. The van der Waals surface area contributed by atoms with E-state index in [1.165, 1.54) is 5.56 Å². The van der Waals surface area contributed by atoms with Crippen LogP contribution in [0.5, 0.6) is 0 Å². The minimum atomic E-state index is 0.576. The Morgan fingerprint density at radius 2 is 1.94 bits per heavy atom. The van der Waals surface area contributed by atoms with Gasteiger partial charge in [-0.05, 0) is 17.2 Å². The Morgan fingerprint density at radius 1 is 1.18 bits per heavy atom. The highest BCUT2D eigenvalue weighted by atomic mass is 35.5. The zero-order valence-corrected chi connectivity index (χ0v) is 10.4. The maximum absolute atomic E-state index is 5.74. The van der Waals surface area contributed by atoms with Crippen molar-refractivity contribution in [1.29, 1.82) is 0 Å². The van der Waals surface area contributed by atoms with E-state index >= 15 is 0 Å². The largest absolute Gasteiger partial charge is 0.311 e. The number of nitrogens with zero attached hydrogens (tertiary/aromatic N) is 2. The number of hydrogen-bond donors (Lipinski definition) is 1. The van der Waals surface area contributed by atoms with Crippen LogP contribution in [0.1, 0.15) is 11.1 Å². The van der Waals surface area contributed by atoms with Gasteiger partial charge in [0, 0.05) is 31.4 Å². The van der Waals surface area contributed by atoms with E-state index in [9.17, 15) is 0 Å². The summed E-state index contributed by atoms with van der Waals surface area (Å²) >= 11 is 5.74. The molecule has 3 nitrogen and oxygen atoms in total. The molecule has 0 atom stereocenters. The Bertz CT molecular complexity index is 422. The molecule has 0 spiro atoms. The standard InChI is InChI=1S/C13H16ClN3/c14-10-12-2-4-13(5-3-12)11-15-7-9-17-8-1-6-16-17/h1-6,8,15H,7,9-11H2. The van der Waals surface area contributed by atoms with Crippen LogP contribution in [-0.2, 0) is 19.0 Å². The molecule has 0 radical (unpaired) electrons. The summed E-state index contributed by atoms with van der Waals surface area (Å²) in [6.45, 7) is 2.69. The Labute approximate surface area is 106 Å². The van der Waals surface area contributed by atoms with E-state index in [2.05, 4.69) is 34.7 Å². The van der Waals surface area contributed by atoms with Crippen LogP contribution in [0.15, 0.2) is 42.7 Å². The van der Waals surface area contributed by atoms with Crippen molar-refractivity contribution >= 4 is 11.6 Å². The molecule has 0 amide bonds. The quantitative estimate of drug-likeness (QED) is 0.630. The van der Waals surface area contributed by atoms with Crippen molar-refractivity contribution < 1.29 is 0 Å². The molecule has 0 saturated carbocycles. The lowest BCUT2D eigenvalue weighted by atomic mass is 10.1. The van der Waals surface area contributed by atoms with Crippen molar-refractivity contribution in [1.82, 2.24) is 15.1 Å². The van der Waals surface area contributed by atoms with Gasteiger partial charge in [-0.1, -0.05) is 24.3 Å². The molecule has 2 rings (SSSR count). The van der Waals surface area contributed by atoms with E-state index in [1.54, 1.807) is 6.20 Å². The van der Waals surface area contributed by atoms with Gasteiger partial charge in [0.05, 0.1) is 6.54 Å². The Morgan fingerprint density at radius 3 is 2.59 bits per heavy atom. The molecule has 0 aliphatic rings. The summed E-state index contributed by atoms with van der Waals surface area (Å²) < 4.78 is 1.92. The molecule has 1 N–H and O–H groups in total. The Hall–Kier alpha value is -1.32. The molecule has 0 aliphatic heterocycles. The van der Waals surface area contributed by atoms with Crippen LogP contribution in [0.2, 0.25) is 0 Å². The Balaban J connectivity index is 1.70. The highest BCUT2D eigenvalue weighted by Crippen LogP contribution is 2.06. The van der Waals surface area contributed by atoms with Crippen molar-refractivity contribution in [2.45, 2.75) is 19.0 Å². The molecule has 17 heavy (non-hydrogen) atoms. The Kier molecular flexibility index (Phi) is 4.59. The molecule has 0 fully saturated rings. The molecule has 1 aromatic carbocycles. The van der Waals surface area contributed by atoms with Gasteiger partial charge in [0.15, 0.2) is 0 Å². The maximum Gasteiger partial charge on any atom is 0.0534 e. The number of hydrogen-bond acceptors (Lipinski definition) is 2. The number of aromatic nitrogens is 2. The highest BCUT2D eigenvalue weighted by Gasteiger charge is 1.94. The predicted octanol–water partition coefficient (Wildman–Crippen LogP) is 2.41. The molecular weight excluding hydrogens is 234 g/mol. The van der Waals surface area contributed by atoms with Gasteiger partial charge in [0.25, 0.3) is 0 Å². The van der Waals surface area contributed by atoms with Crippen molar-refractivity contribution in [2.75, 3.05) is 6.54 Å². The number of halogens is 1. The minimum Gasteiger partial charge on any atom is -0.311 e. The first-order valence-corrected chi connectivity index (χ1v) is 6.24. The van der Waals surface area contributed by atoms with Crippen LogP contribution < -0.4 is 5.32 Å². The van der Waals surface area contributed by atoms with E-state index in [1.807, 2.05) is 16.9 Å². The van der Waals surface area contributed by atoms with E-state index in [0.717, 1.165) is 25.2 Å². The molecule has 0 aliphatic carbocycles. The minimum absolute atomic E-state index is 0.576. The SMILES string of the molecule is ClCc1ccc(CNCCn2cccn2)cc1. The van der Waals surface area contributed by atoms with Crippen molar-refractivity contribution in [2.24, 2.45) is 0 Å². The molecule has 1 heterocycles. The summed E-state index contributed by atoms with van der Waals surface area (Å²) in [5.41, 5.74) is 2.44. The highest BCUT2D eigenvalue weighted by molar-refractivity contribution is 6.17. The molecule has 4 heteroatoms. The second-order valence-corrected chi connectivity index (χ2v) is 4.16. The van der Waals surface area contributed by atoms with Crippen molar-refractivity contribution in [3.8, 4) is 0 Å². The van der Waals surface area contributed by atoms with Crippen molar-refractivity contribution in [3.63, 3.8) is 0 Å². The third-order valence-corrected chi connectivity index (χ3v) is 2.89. The summed E-state index contributed by atoms with van der Waals surface area (Å²) in [7, 11) is 0. The average Bonchev–Trinajstić information content (AvgIpc) is 2.88. The average molecular weight is 250 g/mol. The van der Waals surface area contributed by atoms with Crippen LogP contribution in [0.3, 0.4) is 0 Å². The van der Waals surface area contributed by atoms with Crippen LogP contribution >= 0.6 is 11.6 Å². The maximum atomic E-state index is 5.74. The lowest BCUT2D eigenvalue weighted by Crippen LogP contribution is -2.19. The molecule has 0 bridgehead atoms. The summed E-state index contributed by atoms with van der Waals surface area (Å²) in [6.07, 6.45) is 3.77. The number of nitrogens with one attached hydrogen (secondary N) is 1. The molecular formula is C13H16ClN3. The molecule has 0 unspecified atom stereocenters. The van der Waals surface area contributed by atoms with Gasteiger partial charge in [-0.15, -0.1) is 11.6 Å². The van der Waals surface area contributed by atoms with Gasteiger partial charge in [-0.3, -0.25) is 4.68 Å². The van der Waals surface area contributed by atoms with Crippen LogP contribution in [0, 0.1) is 0 Å². The van der Waals surface area contributed by atoms with Crippen LogP contribution in [0.25, 0.3) is 0 Å². The fourth-order valence-corrected chi connectivity index (χ4v) is 1.78. The first kappa shape index (κ1) is 12.1. The van der Waals surface area contributed by atoms with Crippen molar-refractivity contribution in [3.05, 3.63) is 53.9 Å². The summed E-state index contributed by atoms with van der Waals surface area (Å²) in [4.78, 5) is 0. The second-order valence-electron chi connectivity index (χ2n) is 3.90. The fraction of sp³-hybridized carbons (Fsp3) is 0.308. The normalized spacial score (nSPS) is 10.6. The van der Waals surface area contributed by atoms with E-state index in [-0.39, 0.29) is 0 Å². The molecule has 1 aromatic heterocycles. The topological polar surface area (TPSA) is 29.9 Å². The lowest BCUT2D eigenvalue weighted by molar-refractivity contribution is 0.555. The van der Waals surface area contributed by atoms with Gasteiger partial charge in [-0.25, -0.2) is 0 Å². The van der Waals surface area contributed by atoms with Crippen LogP contribution in [-0.4, -0.2) is 16.3 Å². The summed E-state index contributed by atoms with van der Waals surface area (Å²) in [5, 5.41) is 7.53. The third kappa shape index (κ3) is 3.88. The monoisotopic (exact) mass is 249 g/mol. The smallest absolute Gasteiger partial charge is 0.0534 e. The number of rotatable bonds is 6. The van der Waals surface area contributed by atoms with E-state index in [0.29, 0.717) is 5.88 Å². The van der Waals surface area contributed by atoms with Gasteiger partial charge in [-0.2, -0.15) is 5.10 Å². The second kappa shape index (κ2) is 6.42. The molecule has 0 saturated heterocycles. The fourth-order valence-electron chi connectivity index (χ4n) is 1.61. The zero-order chi connectivity index (χ0) is 11.9. The number of alkyl halides is 1. The van der Waals surface area contributed by atoms with Gasteiger partial charge in [0.1, 0.15) is 0 Å². The summed E-state index contributed by atoms with van der Waals surface area (Å²) in [5.74, 6) is 0.576. The lowest BCUT2D eigenvalue weighted by Gasteiger charge is -2.05. The zero-order valence-electron chi connectivity index (χ0n) is 9.64. The van der Waals surface area contributed by atoms with Crippen LogP contribution in [0.4, 0.5) is 0 Å².